The first-order chi connectivity index (χ1) is 14.8. The third kappa shape index (κ3) is 5.83. The third-order valence-corrected chi connectivity index (χ3v) is 5.25. The second-order valence-electron chi connectivity index (χ2n) is 7.54. The van der Waals surface area contributed by atoms with Crippen molar-refractivity contribution in [1.82, 2.24) is 10.3 Å². The summed E-state index contributed by atoms with van der Waals surface area (Å²) >= 11 is 0. The number of halogens is 4. The van der Waals surface area contributed by atoms with Gasteiger partial charge < -0.3 is 5.32 Å². The molecular weight excluding hydrogens is 410 g/mol. The van der Waals surface area contributed by atoms with Crippen LogP contribution in [0.3, 0.4) is 0 Å². The maximum absolute atomic E-state index is 14.4. The van der Waals surface area contributed by atoms with Crippen LogP contribution in [0.5, 0.6) is 0 Å². The minimum atomic E-state index is -4.40. The molecule has 2 aromatic carbocycles. The van der Waals surface area contributed by atoms with Gasteiger partial charge in [0.15, 0.2) is 0 Å². The number of amides is 1. The molecular formula is C23H25F4N3O. The van der Waals surface area contributed by atoms with Gasteiger partial charge in [0, 0.05) is 25.1 Å². The van der Waals surface area contributed by atoms with Crippen LogP contribution < -0.4 is 5.32 Å². The number of unbranched alkanes of at least 4 members (excludes halogenated alkanes) is 2. The summed E-state index contributed by atoms with van der Waals surface area (Å²) in [5.74, 6) is -0.742. The van der Waals surface area contributed by atoms with Gasteiger partial charge in [0.25, 0.3) is 5.91 Å². The fraction of sp³-hybridized carbons (Fsp3) is 0.391. The topological polar surface area (TPSA) is 44.7 Å². The molecule has 0 aliphatic carbocycles. The van der Waals surface area contributed by atoms with Crippen LogP contribution in [-0.4, -0.2) is 23.2 Å². The number of nitrogens with one attached hydrogen (secondary N) is 1. The molecule has 1 aliphatic heterocycles. The van der Waals surface area contributed by atoms with Crippen molar-refractivity contribution in [2.75, 3.05) is 6.54 Å². The predicted octanol–water partition coefficient (Wildman–Crippen LogP) is 5.45. The van der Waals surface area contributed by atoms with Crippen LogP contribution >= 0.6 is 0 Å². The van der Waals surface area contributed by atoms with Crippen molar-refractivity contribution < 1.29 is 22.4 Å². The highest BCUT2D eigenvalue weighted by atomic mass is 19.4. The first-order valence-corrected chi connectivity index (χ1v) is 10.3. The molecule has 0 fully saturated rings. The molecule has 0 bridgehead atoms. The van der Waals surface area contributed by atoms with E-state index in [1.807, 2.05) is 0 Å². The lowest BCUT2D eigenvalue weighted by Crippen LogP contribution is -2.30. The SMILES string of the molecule is CCCCCN1N=C(C(=O)NCc2ccc(C(F)(F)F)cc2)CC1c1ccccc1F. The molecule has 1 heterocycles. The van der Waals surface area contributed by atoms with E-state index in [4.69, 9.17) is 0 Å². The number of hydrogen-bond donors (Lipinski definition) is 1. The second-order valence-corrected chi connectivity index (χ2v) is 7.54. The van der Waals surface area contributed by atoms with Gasteiger partial charge in [-0.2, -0.15) is 18.3 Å². The minimum absolute atomic E-state index is 0.0796. The lowest BCUT2D eigenvalue weighted by molar-refractivity contribution is -0.137. The van der Waals surface area contributed by atoms with Crippen LogP contribution in [0.25, 0.3) is 0 Å². The van der Waals surface area contributed by atoms with Crippen LogP contribution in [0.1, 0.15) is 55.3 Å². The predicted molar refractivity (Wildman–Crippen MR) is 111 cm³/mol. The highest BCUT2D eigenvalue weighted by molar-refractivity contribution is 6.39. The van der Waals surface area contributed by atoms with Crippen LogP contribution in [0, 0.1) is 5.82 Å². The summed E-state index contributed by atoms with van der Waals surface area (Å²) in [6.07, 6.45) is -1.21. The van der Waals surface area contributed by atoms with Crippen molar-refractivity contribution in [3.05, 3.63) is 71.0 Å². The Morgan fingerprint density at radius 3 is 2.48 bits per heavy atom. The second kappa shape index (κ2) is 9.94. The first-order valence-electron chi connectivity index (χ1n) is 10.3. The Hall–Kier alpha value is -2.90. The quantitative estimate of drug-likeness (QED) is 0.442. The number of carbonyl (C=O) groups is 1. The van der Waals surface area contributed by atoms with E-state index in [0.29, 0.717) is 17.7 Å². The zero-order valence-electron chi connectivity index (χ0n) is 17.3. The molecule has 1 amide bonds. The number of carbonyl (C=O) groups excluding carboxylic acids is 1. The van der Waals surface area contributed by atoms with Gasteiger partial charge in [-0.25, -0.2) is 4.39 Å². The number of benzene rings is 2. The molecule has 0 radical (unpaired) electrons. The molecule has 1 atom stereocenters. The number of nitrogens with zero attached hydrogens (tertiary/aromatic N) is 2. The maximum atomic E-state index is 14.4. The molecule has 4 nitrogen and oxygen atoms in total. The molecule has 0 aromatic heterocycles. The van der Waals surface area contributed by atoms with E-state index in [1.54, 1.807) is 23.2 Å². The number of rotatable bonds is 8. The molecule has 1 aliphatic rings. The lowest BCUT2D eigenvalue weighted by Gasteiger charge is -2.24. The first kappa shape index (κ1) is 22.8. The Morgan fingerprint density at radius 2 is 1.84 bits per heavy atom. The largest absolute Gasteiger partial charge is 0.416 e. The van der Waals surface area contributed by atoms with Crippen LogP contribution in [0.2, 0.25) is 0 Å². The molecule has 0 saturated carbocycles. The van der Waals surface area contributed by atoms with Gasteiger partial charge in [0.1, 0.15) is 11.5 Å². The van der Waals surface area contributed by atoms with E-state index in [9.17, 15) is 22.4 Å². The summed E-state index contributed by atoms with van der Waals surface area (Å²) in [5.41, 5.74) is 0.591. The Bertz CT molecular complexity index is 925. The molecule has 0 saturated heterocycles. The molecule has 1 N–H and O–H groups in total. The summed E-state index contributed by atoms with van der Waals surface area (Å²) in [5, 5.41) is 8.91. The van der Waals surface area contributed by atoms with E-state index >= 15 is 0 Å². The van der Waals surface area contributed by atoms with Gasteiger partial charge >= 0.3 is 6.18 Å². The Labute approximate surface area is 178 Å². The Balaban J connectivity index is 1.66. The summed E-state index contributed by atoms with van der Waals surface area (Å²) in [6, 6.07) is 10.7. The highest BCUT2D eigenvalue weighted by Crippen LogP contribution is 2.33. The van der Waals surface area contributed by atoms with Gasteiger partial charge in [0.05, 0.1) is 11.6 Å². The fourth-order valence-electron chi connectivity index (χ4n) is 3.53. The van der Waals surface area contributed by atoms with Crippen molar-refractivity contribution in [3.63, 3.8) is 0 Å². The zero-order valence-corrected chi connectivity index (χ0v) is 17.3. The summed E-state index contributed by atoms with van der Waals surface area (Å²) < 4.78 is 52.4. The molecule has 2 aromatic rings. The molecule has 3 rings (SSSR count). The van der Waals surface area contributed by atoms with Crippen molar-refractivity contribution in [2.24, 2.45) is 5.10 Å². The summed E-state index contributed by atoms with van der Waals surface area (Å²) in [6.45, 7) is 2.78. The van der Waals surface area contributed by atoms with Crippen molar-refractivity contribution in [2.45, 2.75) is 51.4 Å². The molecule has 0 spiro atoms. The molecule has 166 valence electrons. The van der Waals surface area contributed by atoms with E-state index < -0.39 is 17.6 Å². The lowest BCUT2D eigenvalue weighted by atomic mass is 10.0. The van der Waals surface area contributed by atoms with Crippen LogP contribution in [0.4, 0.5) is 17.6 Å². The standard InChI is InChI=1S/C23H25F4N3O/c1-2-3-6-13-30-21(18-7-4-5-8-19(18)24)14-20(29-30)22(31)28-15-16-9-11-17(12-10-16)23(25,26)27/h4-5,7-12,21H,2-3,6,13-15H2,1H3,(H,28,31). The third-order valence-electron chi connectivity index (χ3n) is 5.25. The Morgan fingerprint density at radius 1 is 1.13 bits per heavy atom. The van der Waals surface area contributed by atoms with E-state index in [2.05, 4.69) is 17.3 Å². The number of hydrazone groups is 1. The molecule has 1 unspecified atom stereocenters. The van der Waals surface area contributed by atoms with Crippen molar-refractivity contribution in [1.29, 1.82) is 0 Å². The molecule has 8 heteroatoms. The van der Waals surface area contributed by atoms with Gasteiger partial charge in [-0.1, -0.05) is 50.1 Å². The minimum Gasteiger partial charge on any atom is -0.347 e. The maximum Gasteiger partial charge on any atom is 0.416 e. The highest BCUT2D eigenvalue weighted by Gasteiger charge is 2.33. The summed E-state index contributed by atoms with van der Waals surface area (Å²) in [7, 11) is 0. The van der Waals surface area contributed by atoms with Gasteiger partial charge in [0.2, 0.25) is 0 Å². The fourth-order valence-corrected chi connectivity index (χ4v) is 3.53. The monoisotopic (exact) mass is 435 g/mol. The average Bonchev–Trinajstić information content (AvgIpc) is 3.16. The summed E-state index contributed by atoms with van der Waals surface area (Å²) in [4.78, 5) is 12.6. The van der Waals surface area contributed by atoms with E-state index in [1.165, 1.54) is 18.2 Å². The number of alkyl halides is 3. The van der Waals surface area contributed by atoms with Gasteiger partial charge in [-0.05, 0) is 30.2 Å². The zero-order chi connectivity index (χ0) is 22.4. The number of hydrogen-bond acceptors (Lipinski definition) is 3. The Kier molecular flexibility index (Phi) is 7.30. The van der Waals surface area contributed by atoms with E-state index in [0.717, 1.165) is 31.4 Å². The van der Waals surface area contributed by atoms with Crippen molar-refractivity contribution >= 4 is 11.6 Å². The van der Waals surface area contributed by atoms with Crippen LogP contribution in [-0.2, 0) is 17.5 Å². The average molecular weight is 435 g/mol. The van der Waals surface area contributed by atoms with E-state index in [-0.39, 0.29) is 30.5 Å². The van der Waals surface area contributed by atoms with Gasteiger partial charge in [-0.3, -0.25) is 9.80 Å². The van der Waals surface area contributed by atoms with Gasteiger partial charge in [-0.15, -0.1) is 0 Å². The van der Waals surface area contributed by atoms with Crippen LogP contribution in [0.15, 0.2) is 53.6 Å². The normalized spacial score (nSPS) is 16.4. The smallest absolute Gasteiger partial charge is 0.347 e. The molecule has 31 heavy (non-hydrogen) atoms. The van der Waals surface area contributed by atoms with Crippen molar-refractivity contribution in [3.8, 4) is 0 Å².